The van der Waals surface area contributed by atoms with Crippen LogP contribution in [0.2, 0.25) is 0 Å². The van der Waals surface area contributed by atoms with Gasteiger partial charge in [-0.05, 0) is 67.7 Å². The number of thiophene rings is 1. The first-order valence-electron chi connectivity index (χ1n) is 12.7. The van der Waals surface area contributed by atoms with E-state index in [9.17, 15) is 4.79 Å². The predicted octanol–water partition coefficient (Wildman–Crippen LogP) is 8.11. The maximum absolute atomic E-state index is 15.0. The van der Waals surface area contributed by atoms with Gasteiger partial charge in [0.15, 0.2) is 11.6 Å². The Hall–Kier alpha value is -4.27. The van der Waals surface area contributed by atoms with Gasteiger partial charge in [-0.1, -0.05) is 32.0 Å². The van der Waals surface area contributed by atoms with Crippen LogP contribution >= 0.6 is 11.3 Å². The SMILES string of the molecule is CCN(CC)Cc1cc2nccc(Oc3ccc(NC(=O)c4ccc(Oc5ccccc5)cc4)cc3F)c2s1. The summed E-state index contributed by atoms with van der Waals surface area (Å²) in [7, 11) is 0. The minimum absolute atomic E-state index is 0.0709. The lowest BCUT2D eigenvalue weighted by molar-refractivity contribution is 0.102. The molecule has 0 bridgehead atoms. The second-order valence-electron chi connectivity index (χ2n) is 8.84. The minimum Gasteiger partial charge on any atom is -0.457 e. The molecular formula is C31H28FN3O3S. The average molecular weight is 542 g/mol. The number of benzene rings is 3. The molecule has 198 valence electrons. The van der Waals surface area contributed by atoms with Gasteiger partial charge in [0.2, 0.25) is 0 Å². The normalized spacial score (nSPS) is 11.1. The maximum Gasteiger partial charge on any atom is 0.255 e. The number of carbonyl (C=O) groups excluding carboxylic acids is 1. The number of nitrogens with zero attached hydrogens (tertiary/aromatic N) is 2. The topological polar surface area (TPSA) is 63.7 Å². The third kappa shape index (κ3) is 6.42. The number of anilines is 1. The minimum atomic E-state index is -0.579. The van der Waals surface area contributed by atoms with Gasteiger partial charge in [-0.2, -0.15) is 0 Å². The number of fused-ring (bicyclic) bond motifs is 1. The molecule has 0 aliphatic rings. The summed E-state index contributed by atoms with van der Waals surface area (Å²) in [5.74, 6) is 1.00. The van der Waals surface area contributed by atoms with E-state index >= 15 is 4.39 Å². The predicted molar refractivity (Wildman–Crippen MR) is 154 cm³/mol. The highest BCUT2D eigenvalue weighted by Gasteiger charge is 2.14. The van der Waals surface area contributed by atoms with Crippen molar-refractivity contribution in [3.63, 3.8) is 0 Å². The van der Waals surface area contributed by atoms with Crippen LogP contribution in [0.25, 0.3) is 10.2 Å². The molecular weight excluding hydrogens is 513 g/mol. The van der Waals surface area contributed by atoms with Gasteiger partial charge in [0, 0.05) is 41.0 Å². The fourth-order valence-corrected chi connectivity index (χ4v) is 5.18. The van der Waals surface area contributed by atoms with Crippen molar-refractivity contribution in [1.82, 2.24) is 9.88 Å². The van der Waals surface area contributed by atoms with Crippen LogP contribution in [0.3, 0.4) is 0 Å². The molecule has 5 aromatic rings. The van der Waals surface area contributed by atoms with Gasteiger partial charge in [-0.15, -0.1) is 11.3 Å². The summed E-state index contributed by atoms with van der Waals surface area (Å²) in [6.07, 6.45) is 1.66. The monoisotopic (exact) mass is 541 g/mol. The highest BCUT2D eigenvalue weighted by Crippen LogP contribution is 2.36. The van der Waals surface area contributed by atoms with Gasteiger partial charge >= 0.3 is 0 Å². The molecule has 0 saturated carbocycles. The molecule has 1 amide bonds. The van der Waals surface area contributed by atoms with Crippen molar-refractivity contribution in [2.75, 3.05) is 18.4 Å². The van der Waals surface area contributed by atoms with Crippen LogP contribution in [0.15, 0.2) is 91.1 Å². The zero-order chi connectivity index (χ0) is 27.2. The van der Waals surface area contributed by atoms with E-state index in [0.717, 1.165) is 29.9 Å². The Balaban J connectivity index is 1.25. The van der Waals surface area contributed by atoms with E-state index in [-0.39, 0.29) is 11.7 Å². The molecule has 0 radical (unpaired) electrons. The highest BCUT2D eigenvalue weighted by molar-refractivity contribution is 7.19. The molecule has 2 heterocycles. The molecule has 0 fully saturated rings. The van der Waals surface area contributed by atoms with Gasteiger partial charge in [-0.3, -0.25) is 14.7 Å². The van der Waals surface area contributed by atoms with Crippen LogP contribution in [-0.4, -0.2) is 28.9 Å². The first-order chi connectivity index (χ1) is 19.0. The van der Waals surface area contributed by atoms with Crippen molar-refractivity contribution in [2.45, 2.75) is 20.4 Å². The van der Waals surface area contributed by atoms with Gasteiger partial charge in [-0.25, -0.2) is 4.39 Å². The number of pyridine rings is 1. The summed E-state index contributed by atoms with van der Waals surface area (Å²) in [4.78, 5) is 20.7. The van der Waals surface area contributed by atoms with Crippen molar-refractivity contribution < 1.29 is 18.7 Å². The smallest absolute Gasteiger partial charge is 0.255 e. The van der Waals surface area contributed by atoms with E-state index in [0.29, 0.717) is 28.5 Å². The van der Waals surface area contributed by atoms with Crippen LogP contribution in [0.5, 0.6) is 23.0 Å². The summed E-state index contributed by atoms with van der Waals surface area (Å²) in [6, 6.07) is 24.3. The summed E-state index contributed by atoms with van der Waals surface area (Å²) in [5, 5.41) is 2.73. The molecule has 2 aromatic heterocycles. The molecule has 0 atom stereocenters. The van der Waals surface area contributed by atoms with Crippen LogP contribution in [0, 0.1) is 5.82 Å². The lowest BCUT2D eigenvalue weighted by Gasteiger charge is -2.16. The quantitative estimate of drug-likeness (QED) is 0.193. The number of nitrogens with one attached hydrogen (secondary N) is 1. The number of amides is 1. The number of para-hydroxylation sites is 1. The standard InChI is InChI=1S/C31H28FN3O3S/c1-3-35(4-2)20-25-19-27-30(39-25)29(16-17-33-27)38-28-15-12-22(18-26(28)32)34-31(36)21-10-13-24(14-11-21)37-23-8-6-5-7-9-23/h5-19H,3-4,20H2,1-2H3,(H,34,36). The van der Waals surface area contributed by atoms with Crippen LogP contribution in [-0.2, 0) is 6.54 Å². The third-order valence-corrected chi connectivity index (χ3v) is 7.33. The summed E-state index contributed by atoms with van der Waals surface area (Å²) in [6.45, 7) is 7.03. The lowest BCUT2D eigenvalue weighted by Crippen LogP contribution is -2.21. The zero-order valence-electron chi connectivity index (χ0n) is 21.7. The molecule has 0 aliphatic carbocycles. The largest absolute Gasteiger partial charge is 0.457 e. The zero-order valence-corrected chi connectivity index (χ0v) is 22.5. The Morgan fingerprint density at radius 2 is 1.64 bits per heavy atom. The first kappa shape index (κ1) is 26.3. The number of rotatable bonds is 10. The molecule has 6 nitrogen and oxygen atoms in total. The number of hydrogen-bond donors (Lipinski definition) is 1. The maximum atomic E-state index is 15.0. The molecule has 0 unspecified atom stereocenters. The van der Waals surface area contributed by atoms with E-state index in [1.165, 1.54) is 17.0 Å². The Morgan fingerprint density at radius 1 is 0.897 bits per heavy atom. The van der Waals surface area contributed by atoms with E-state index in [2.05, 4.69) is 35.1 Å². The Morgan fingerprint density at radius 3 is 2.36 bits per heavy atom. The van der Waals surface area contributed by atoms with Crippen LogP contribution in [0.1, 0.15) is 29.1 Å². The van der Waals surface area contributed by atoms with Gasteiger partial charge in [0.05, 0.1) is 10.2 Å². The fourth-order valence-electron chi connectivity index (χ4n) is 4.07. The van der Waals surface area contributed by atoms with Crippen LogP contribution in [0.4, 0.5) is 10.1 Å². The van der Waals surface area contributed by atoms with Crippen molar-refractivity contribution in [3.05, 3.63) is 107 Å². The second kappa shape index (κ2) is 12.1. The average Bonchev–Trinajstić information content (AvgIpc) is 3.38. The molecule has 0 aliphatic heterocycles. The van der Waals surface area contributed by atoms with Crippen molar-refractivity contribution in [3.8, 4) is 23.0 Å². The molecule has 3 aromatic carbocycles. The molecule has 1 N–H and O–H groups in total. The lowest BCUT2D eigenvalue weighted by atomic mass is 10.2. The molecule has 0 spiro atoms. The Bertz CT molecular complexity index is 1570. The Labute approximate surface area is 230 Å². The summed E-state index contributed by atoms with van der Waals surface area (Å²) < 4.78 is 27.6. The summed E-state index contributed by atoms with van der Waals surface area (Å²) >= 11 is 1.60. The van der Waals surface area contributed by atoms with E-state index in [1.54, 1.807) is 53.9 Å². The van der Waals surface area contributed by atoms with Gasteiger partial charge in [0.25, 0.3) is 5.91 Å². The van der Waals surface area contributed by atoms with Crippen molar-refractivity contribution in [1.29, 1.82) is 0 Å². The second-order valence-corrected chi connectivity index (χ2v) is 9.98. The number of carbonyl (C=O) groups is 1. The number of ether oxygens (including phenoxy) is 2. The van der Waals surface area contributed by atoms with E-state index < -0.39 is 5.82 Å². The first-order valence-corrected chi connectivity index (χ1v) is 13.6. The van der Waals surface area contributed by atoms with E-state index in [1.807, 2.05) is 30.3 Å². The molecule has 8 heteroatoms. The molecule has 39 heavy (non-hydrogen) atoms. The molecule has 5 rings (SSSR count). The van der Waals surface area contributed by atoms with Crippen LogP contribution < -0.4 is 14.8 Å². The number of halogens is 1. The number of aromatic nitrogens is 1. The van der Waals surface area contributed by atoms with E-state index in [4.69, 9.17) is 9.47 Å². The highest BCUT2D eigenvalue weighted by atomic mass is 32.1. The summed E-state index contributed by atoms with van der Waals surface area (Å²) in [5.41, 5.74) is 1.57. The molecule has 0 saturated heterocycles. The van der Waals surface area contributed by atoms with Gasteiger partial charge < -0.3 is 14.8 Å². The Kier molecular flexibility index (Phi) is 8.15. The van der Waals surface area contributed by atoms with Gasteiger partial charge in [0.1, 0.15) is 17.2 Å². The van der Waals surface area contributed by atoms with Crippen molar-refractivity contribution >= 4 is 33.1 Å². The number of hydrogen-bond acceptors (Lipinski definition) is 6. The van der Waals surface area contributed by atoms with Crippen molar-refractivity contribution in [2.24, 2.45) is 0 Å². The third-order valence-electron chi connectivity index (χ3n) is 6.21. The fraction of sp³-hybridized carbons (Fsp3) is 0.161.